The zero-order valence-corrected chi connectivity index (χ0v) is 7.15. The second-order valence-corrected chi connectivity index (χ2v) is 2.65. The minimum Gasteiger partial charge on any atom is -0.399 e. The van der Waals surface area contributed by atoms with Gasteiger partial charge in [-0.15, -0.1) is 0 Å². The van der Waals surface area contributed by atoms with Crippen LogP contribution in [-0.2, 0) is 0 Å². The molecule has 0 aliphatic carbocycles. The molecule has 1 heteroatoms. The van der Waals surface area contributed by atoms with Crippen molar-refractivity contribution in [3.63, 3.8) is 0 Å². The van der Waals surface area contributed by atoms with Gasteiger partial charge in [-0.25, -0.2) is 0 Å². The van der Waals surface area contributed by atoms with E-state index in [9.17, 15) is 0 Å². The third-order valence-electron chi connectivity index (χ3n) is 2.03. The Hall–Kier alpha value is -0.720. The monoisotopic (exact) mass is 139 g/mol. The minimum absolute atomic E-state index is 0.581. The summed E-state index contributed by atoms with van der Waals surface area (Å²) < 4.78 is 0. The van der Waals surface area contributed by atoms with Crippen molar-refractivity contribution in [1.82, 2.24) is 0 Å². The molecule has 1 atom stereocenters. The van der Waals surface area contributed by atoms with Crippen molar-refractivity contribution in [2.45, 2.75) is 27.2 Å². The quantitative estimate of drug-likeness (QED) is 0.597. The fourth-order valence-corrected chi connectivity index (χ4v) is 0.752. The lowest BCUT2D eigenvalue weighted by Crippen LogP contribution is -2.03. The zero-order valence-electron chi connectivity index (χ0n) is 7.15. The molecule has 0 spiro atoms. The summed E-state index contributed by atoms with van der Waals surface area (Å²) in [4.78, 5) is 0. The molecule has 10 heavy (non-hydrogen) atoms. The highest BCUT2D eigenvalue weighted by molar-refractivity contribution is 5.20. The first kappa shape index (κ1) is 9.28. The van der Waals surface area contributed by atoms with Crippen LogP contribution in [0, 0.1) is 5.92 Å². The SMILES string of the molecule is C=C/C(N)=C(\C)C(C)CC. The van der Waals surface area contributed by atoms with Gasteiger partial charge in [0.15, 0.2) is 0 Å². The summed E-state index contributed by atoms with van der Waals surface area (Å²) in [6.45, 7) is 10.0. The van der Waals surface area contributed by atoms with Crippen LogP contribution in [0.5, 0.6) is 0 Å². The predicted molar refractivity (Wildman–Crippen MR) is 46.5 cm³/mol. The molecular weight excluding hydrogens is 122 g/mol. The van der Waals surface area contributed by atoms with Crippen LogP contribution in [0.3, 0.4) is 0 Å². The van der Waals surface area contributed by atoms with Crippen molar-refractivity contribution in [3.8, 4) is 0 Å². The van der Waals surface area contributed by atoms with Gasteiger partial charge >= 0.3 is 0 Å². The highest BCUT2D eigenvalue weighted by Crippen LogP contribution is 2.15. The van der Waals surface area contributed by atoms with Gasteiger partial charge in [0.2, 0.25) is 0 Å². The Balaban J connectivity index is 4.29. The van der Waals surface area contributed by atoms with Crippen LogP contribution in [0.1, 0.15) is 27.2 Å². The van der Waals surface area contributed by atoms with E-state index in [0.717, 1.165) is 12.1 Å². The van der Waals surface area contributed by atoms with E-state index in [1.807, 2.05) is 0 Å². The Labute approximate surface area is 63.6 Å². The molecule has 0 rings (SSSR count). The molecular formula is C9H17N. The van der Waals surface area contributed by atoms with Crippen LogP contribution in [0.15, 0.2) is 23.9 Å². The molecule has 0 aromatic carbocycles. The molecule has 2 N–H and O–H groups in total. The smallest absolute Gasteiger partial charge is 0.0299 e. The maximum atomic E-state index is 5.65. The lowest BCUT2D eigenvalue weighted by molar-refractivity contribution is 0.649. The summed E-state index contributed by atoms with van der Waals surface area (Å²) in [5, 5.41) is 0. The third-order valence-corrected chi connectivity index (χ3v) is 2.03. The maximum absolute atomic E-state index is 5.65. The molecule has 0 radical (unpaired) electrons. The molecule has 1 unspecified atom stereocenters. The maximum Gasteiger partial charge on any atom is 0.0299 e. The lowest BCUT2D eigenvalue weighted by atomic mass is 9.98. The van der Waals surface area contributed by atoms with Crippen LogP contribution in [0.4, 0.5) is 0 Å². The number of hydrogen-bond acceptors (Lipinski definition) is 1. The molecule has 0 aromatic rings. The fourth-order valence-electron chi connectivity index (χ4n) is 0.752. The Morgan fingerprint density at radius 2 is 2.20 bits per heavy atom. The van der Waals surface area contributed by atoms with Crippen molar-refractivity contribution in [3.05, 3.63) is 23.9 Å². The Morgan fingerprint density at radius 1 is 1.70 bits per heavy atom. The number of nitrogens with two attached hydrogens (primary N) is 1. The summed E-state index contributed by atoms with van der Waals surface area (Å²) in [5.74, 6) is 0.581. The average molecular weight is 139 g/mol. The standard InChI is InChI=1S/C9H17N/c1-5-7(3)8(4)9(10)6-2/h6-7H,2,5,10H2,1,3-4H3/b9-8-. The molecule has 0 fully saturated rings. The largest absolute Gasteiger partial charge is 0.399 e. The lowest BCUT2D eigenvalue weighted by Gasteiger charge is -2.10. The number of hydrogen-bond donors (Lipinski definition) is 1. The second-order valence-electron chi connectivity index (χ2n) is 2.65. The highest BCUT2D eigenvalue weighted by Gasteiger charge is 2.02. The van der Waals surface area contributed by atoms with E-state index in [4.69, 9.17) is 5.73 Å². The predicted octanol–water partition coefficient (Wildman–Crippen LogP) is 2.45. The summed E-state index contributed by atoms with van der Waals surface area (Å²) >= 11 is 0. The van der Waals surface area contributed by atoms with E-state index in [1.54, 1.807) is 6.08 Å². The van der Waals surface area contributed by atoms with Crippen LogP contribution in [0.25, 0.3) is 0 Å². The zero-order chi connectivity index (χ0) is 8.15. The molecule has 0 aliphatic heterocycles. The van der Waals surface area contributed by atoms with Gasteiger partial charge in [0.25, 0.3) is 0 Å². The first-order valence-electron chi connectivity index (χ1n) is 3.72. The van der Waals surface area contributed by atoms with E-state index < -0.39 is 0 Å². The van der Waals surface area contributed by atoms with Gasteiger partial charge < -0.3 is 5.73 Å². The van der Waals surface area contributed by atoms with E-state index in [2.05, 4.69) is 27.4 Å². The third kappa shape index (κ3) is 2.26. The molecule has 0 amide bonds. The summed E-state index contributed by atoms with van der Waals surface area (Å²) in [5.41, 5.74) is 7.73. The molecule has 0 aliphatic rings. The Kier molecular flexibility index (Phi) is 3.85. The molecule has 0 saturated heterocycles. The van der Waals surface area contributed by atoms with E-state index >= 15 is 0 Å². The minimum atomic E-state index is 0.581. The van der Waals surface area contributed by atoms with E-state index in [-0.39, 0.29) is 0 Å². The molecule has 58 valence electrons. The number of allylic oxidation sites excluding steroid dienone is 2. The van der Waals surface area contributed by atoms with Crippen LogP contribution < -0.4 is 5.73 Å². The van der Waals surface area contributed by atoms with E-state index in [0.29, 0.717) is 5.92 Å². The normalized spacial score (nSPS) is 15.9. The van der Waals surface area contributed by atoms with Crippen LogP contribution >= 0.6 is 0 Å². The summed E-state index contributed by atoms with van der Waals surface area (Å²) in [6, 6.07) is 0. The van der Waals surface area contributed by atoms with Crippen LogP contribution in [-0.4, -0.2) is 0 Å². The van der Waals surface area contributed by atoms with Gasteiger partial charge in [-0.3, -0.25) is 0 Å². The molecule has 1 nitrogen and oxygen atoms in total. The molecule has 0 saturated carbocycles. The van der Waals surface area contributed by atoms with Gasteiger partial charge in [0.05, 0.1) is 0 Å². The Morgan fingerprint density at radius 3 is 2.50 bits per heavy atom. The fraction of sp³-hybridized carbons (Fsp3) is 0.556. The van der Waals surface area contributed by atoms with Crippen LogP contribution in [0.2, 0.25) is 0 Å². The summed E-state index contributed by atoms with van der Waals surface area (Å²) in [6.07, 6.45) is 2.85. The molecule has 0 heterocycles. The second kappa shape index (κ2) is 4.15. The molecule has 0 bridgehead atoms. The first-order chi connectivity index (χ1) is 4.63. The van der Waals surface area contributed by atoms with Crippen molar-refractivity contribution in [1.29, 1.82) is 0 Å². The van der Waals surface area contributed by atoms with Crippen molar-refractivity contribution < 1.29 is 0 Å². The van der Waals surface area contributed by atoms with Crippen molar-refractivity contribution in [2.24, 2.45) is 11.7 Å². The average Bonchev–Trinajstić information content (AvgIpc) is 2.00. The van der Waals surface area contributed by atoms with Gasteiger partial charge in [0.1, 0.15) is 0 Å². The first-order valence-corrected chi connectivity index (χ1v) is 3.72. The van der Waals surface area contributed by atoms with Gasteiger partial charge in [-0.2, -0.15) is 0 Å². The van der Waals surface area contributed by atoms with E-state index in [1.165, 1.54) is 5.57 Å². The number of rotatable bonds is 3. The van der Waals surface area contributed by atoms with Crippen molar-refractivity contribution >= 4 is 0 Å². The topological polar surface area (TPSA) is 26.0 Å². The molecule has 0 aromatic heterocycles. The van der Waals surface area contributed by atoms with Crippen molar-refractivity contribution in [2.75, 3.05) is 0 Å². The Bertz CT molecular complexity index is 145. The highest BCUT2D eigenvalue weighted by atomic mass is 14.6. The summed E-state index contributed by atoms with van der Waals surface area (Å²) in [7, 11) is 0. The van der Waals surface area contributed by atoms with Gasteiger partial charge in [-0.05, 0) is 30.9 Å². The van der Waals surface area contributed by atoms with Gasteiger partial charge in [-0.1, -0.05) is 20.4 Å². The van der Waals surface area contributed by atoms with Gasteiger partial charge in [0, 0.05) is 5.70 Å².